The van der Waals surface area contributed by atoms with Crippen LogP contribution in [0.5, 0.6) is 0 Å². The fourth-order valence-electron chi connectivity index (χ4n) is 5.67. The van der Waals surface area contributed by atoms with Crippen molar-refractivity contribution in [1.82, 2.24) is 25.6 Å². The molecule has 1 saturated carbocycles. The molecular formula is C31H43N5O4. The van der Waals surface area contributed by atoms with E-state index in [4.69, 9.17) is 4.74 Å². The number of esters is 1. The Morgan fingerprint density at radius 2 is 1.85 bits per heavy atom. The molecule has 216 valence electrons. The molecule has 3 aromatic rings. The molecule has 40 heavy (non-hydrogen) atoms. The molecule has 9 nitrogen and oxygen atoms in total. The predicted molar refractivity (Wildman–Crippen MR) is 155 cm³/mol. The number of amides is 2. The highest BCUT2D eigenvalue weighted by molar-refractivity contribution is 5.89. The van der Waals surface area contributed by atoms with Crippen molar-refractivity contribution < 1.29 is 19.1 Å². The number of ether oxygens (including phenoxy) is 1. The Hall–Kier alpha value is -3.62. The molecule has 0 spiro atoms. The summed E-state index contributed by atoms with van der Waals surface area (Å²) in [5.74, 6) is 0.225. The van der Waals surface area contributed by atoms with Gasteiger partial charge in [0.05, 0.1) is 12.6 Å². The molecule has 0 saturated heterocycles. The van der Waals surface area contributed by atoms with Crippen molar-refractivity contribution in [1.29, 1.82) is 0 Å². The van der Waals surface area contributed by atoms with E-state index in [2.05, 4.69) is 25.6 Å². The van der Waals surface area contributed by atoms with E-state index in [0.717, 1.165) is 29.3 Å². The molecule has 2 aromatic heterocycles. The number of fused-ring (bicyclic) bond motifs is 1. The third kappa shape index (κ3) is 7.52. The summed E-state index contributed by atoms with van der Waals surface area (Å²) in [5, 5.41) is 7.23. The number of nitrogens with one attached hydrogen (secondary N) is 4. The number of carbonyl (C=O) groups is 3. The summed E-state index contributed by atoms with van der Waals surface area (Å²) in [6, 6.07) is 6.76. The second kappa shape index (κ2) is 13.6. The van der Waals surface area contributed by atoms with Gasteiger partial charge in [0, 0.05) is 35.6 Å². The maximum Gasteiger partial charge on any atom is 0.358 e. The van der Waals surface area contributed by atoms with Gasteiger partial charge >= 0.3 is 5.97 Å². The molecule has 2 atom stereocenters. The Bertz CT molecular complexity index is 1300. The highest BCUT2D eigenvalue weighted by atomic mass is 16.5. The molecule has 0 radical (unpaired) electrons. The number of aromatic amines is 2. The van der Waals surface area contributed by atoms with Gasteiger partial charge in [0.15, 0.2) is 5.69 Å². The second-order valence-corrected chi connectivity index (χ2v) is 11.4. The zero-order valence-electron chi connectivity index (χ0n) is 24.1. The fraction of sp³-hybridized carbons (Fsp3) is 0.548. The third-order valence-corrected chi connectivity index (χ3v) is 7.67. The molecule has 4 rings (SSSR count). The number of benzene rings is 1. The van der Waals surface area contributed by atoms with Crippen molar-refractivity contribution in [2.24, 2.45) is 11.8 Å². The number of hydrogen-bond donors (Lipinski definition) is 4. The van der Waals surface area contributed by atoms with Crippen LogP contribution in [0.3, 0.4) is 0 Å². The van der Waals surface area contributed by atoms with Crippen LogP contribution in [0.15, 0.2) is 30.5 Å². The number of rotatable bonds is 12. The monoisotopic (exact) mass is 549 g/mol. The van der Waals surface area contributed by atoms with Crippen LogP contribution >= 0.6 is 0 Å². The Kier molecular flexibility index (Phi) is 10.0. The number of imidazole rings is 1. The van der Waals surface area contributed by atoms with E-state index in [9.17, 15) is 14.4 Å². The highest BCUT2D eigenvalue weighted by Crippen LogP contribution is 2.27. The first-order valence-corrected chi connectivity index (χ1v) is 14.6. The summed E-state index contributed by atoms with van der Waals surface area (Å²) in [6.45, 7) is 7.84. The lowest BCUT2D eigenvalue weighted by Crippen LogP contribution is -2.49. The first-order valence-electron chi connectivity index (χ1n) is 14.6. The van der Waals surface area contributed by atoms with Crippen molar-refractivity contribution in [2.45, 2.75) is 91.1 Å². The highest BCUT2D eigenvalue weighted by Gasteiger charge is 2.29. The summed E-state index contributed by atoms with van der Waals surface area (Å²) in [7, 11) is 0. The number of nitrogens with zero attached hydrogens (tertiary/aromatic N) is 1. The van der Waals surface area contributed by atoms with Gasteiger partial charge in [-0.3, -0.25) is 9.59 Å². The summed E-state index contributed by atoms with van der Waals surface area (Å²) in [4.78, 5) is 50.3. The first-order chi connectivity index (χ1) is 19.2. The fourth-order valence-corrected chi connectivity index (χ4v) is 5.67. The number of aromatic nitrogens is 3. The molecule has 4 N–H and O–H groups in total. The zero-order chi connectivity index (χ0) is 28.6. The van der Waals surface area contributed by atoms with E-state index in [1.165, 1.54) is 19.3 Å². The van der Waals surface area contributed by atoms with Gasteiger partial charge in [-0.05, 0) is 56.6 Å². The lowest BCUT2D eigenvalue weighted by atomic mass is 9.86. The summed E-state index contributed by atoms with van der Waals surface area (Å²) < 4.78 is 5.17. The normalized spacial score (nSPS) is 15.6. The van der Waals surface area contributed by atoms with Gasteiger partial charge in [-0.1, -0.05) is 51.3 Å². The first kappa shape index (κ1) is 29.4. The largest absolute Gasteiger partial charge is 0.461 e. The molecule has 2 heterocycles. The Morgan fingerprint density at radius 3 is 2.58 bits per heavy atom. The smallest absolute Gasteiger partial charge is 0.358 e. The quantitative estimate of drug-likeness (QED) is 0.229. The van der Waals surface area contributed by atoms with Crippen LogP contribution in [-0.2, 0) is 20.7 Å². The SMILES string of the molecule is CCOC(=O)c1nc([C@@H](Cc2c[nH]c3ccccc23)NC(=O)[C@H](CC(C)C)NC(=O)CC2CCCCC2)[nH]c1C. The van der Waals surface area contributed by atoms with Crippen molar-refractivity contribution in [3.8, 4) is 0 Å². The van der Waals surface area contributed by atoms with Gasteiger partial charge < -0.3 is 25.3 Å². The van der Waals surface area contributed by atoms with Crippen molar-refractivity contribution in [3.05, 3.63) is 53.2 Å². The van der Waals surface area contributed by atoms with Gasteiger partial charge in [0.1, 0.15) is 11.9 Å². The minimum Gasteiger partial charge on any atom is -0.461 e. The number of carbonyl (C=O) groups excluding carboxylic acids is 3. The van der Waals surface area contributed by atoms with Crippen LogP contribution in [0.2, 0.25) is 0 Å². The Labute approximate surface area is 236 Å². The summed E-state index contributed by atoms with van der Waals surface area (Å²) in [6.07, 6.45) is 9.06. The van der Waals surface area contributed by atoms with Crippen molar-refractivity contribution in [2.75, 3.05) is 6.61 Å². The lowest BCUT2D eigenvalue weighted by molar-refractivity contribution is -0.130. The Balaban J connectivity index is 1.57. The van der Waals surface area contributed by atoms with E-state index in [0.29, 0.717) is 36.7 Å². The average Bonchev–Trinajstić information content (AvgIpc) is 3.51. The molecule has 0 unspecified atom stereocenters. The van der Waals surface area contributed by atoms with Gasteiger partial charge in [-0.15, -0.1) is 0 Å². The summed E-state index contributed by atoms with van der Waals surface area (Å²) in [5.41, 5.74) is 2.79. The van der Waals surface area contributed by atoms with E-state index in [1.54, 1.807) is 13.8 Å². The minimum absolute atomic E-state index is 0.0701. The van der Waals surface area contributed by atoms with E-state index >= 15 is 0 Å². The molecule has 1 fully saturated rings. The molecule has 1 aliphatic carbocycles. The van der Waals surface area contributed by atoms with Crippen molar-refractivity contribution >= 4 is 28.7 Å². The Morgan fingerprint density at radius 1 is 1.10 bits per heavy atom. The number of hydrogen-bond acceptors (Lipinski definition) is 5. The predicted octanol–water partition coefficient (Wildman–Crippen LogP) is 5.28. The minimum atomic E-state index is -0.665. The van der Waals surface area contributed by atoms with E-state index in [1.807, 2.05) is 44.3 Å². The van der Waals surface area contributed by atoms with Crippen LogP contribution in [0.1, 0.15) is 99.3 Å². The van der Waals surface area contributed by atoms with Gasteiger partial charge in [0.25, 0.3) is 0 Å². The molecule has 1 aliphatic rings. The molecule has 0 bridgehead atoms. The maximum atomic E-state index is 13.7. The second-order valence-electron chi connectivity index (χ2n) is 11.4. The van der Waals surface area contributed by atoms with Crippen molar-refractivity contribution in [3.63, 3.8) is 0 Å². The van der Waals surface area contributed by atoms with E-state index in [-0.39, 0.29) is 30.0 Å². The van der Waals surface area contributed by atoms with Crippen LogP contribution < -0.4 is 10.6 Å². The van der Waals surface area contributed by atoms with Crippen LogP contribution in [0.25, 0.3) is 10.9 Å². The number of aryl methyl sites for hydroxylation is 1. The number of H-pyrrole nitrogens is 2. The van der Waals surface area contributed by atoms with Crippen LogP contribution in [0.4, 0.5) is 0 Å². The van der Waals surface area contributed by atoms with Crippen LogP contribution in [0, 0.1) is 18.8 Å². The van der Waals surface area contributed by atoms with Gasteiger partial charge in [0.2, 0.25) is 11.8 Å². The average molecular weight is 550 g/mol. The van der Waals surface area contributed by atoms with E-state index < -0.39 is 18.1 Å². The molecule has 2 amide bonds. The maximum absolute atomic E-state index is 13.7. The summed E-state index contributed by atoms with van der Waals surface area (Å²) >= 11 is 0. The molecule has 0 aliphatic heterocycles. The lowest BCUT2D eigenvalue weighted by Gasteiger charge is -2.25. The molecule has 1 aromatic carbocycles. The standard InChI is InChI=1S/C31H43N5O4/c1-5-40-31(39)28-20(4)33-29(36-28)25(17-22-18-32-24-14-10-9-13-23(22)24)35-30(38)26(15-19(2)3)34-27(37)16-21-11-7-6-8-12-21/h9-10,13-14,18-19,21,25-26,32H,5-8,11-12,15-17H2,1-4H3,(H,33,36)(H,34,37)(H,35,38)/t25-,26+/m1/s1. The zero-order valence-corrected chi connectivity index (χ0v) is 24.1. The third-order valence-electron chi connectivity index (χ3n) is 7.67. The van der Waals surface area contributed by atoms with Crippen LogP contribution in [-0.4, -0.2) is 45.4 Å². The van der Waals surface area contributed by atoms with Gasteiger partial charge in [-0.2, -0.15) is 0 Å². The topological polar surface area (TPSA) is 129 Å². The molecular weight excluding hydrogens is 506 g/mol. The molecule has 9 heteroatoms. The number of para-hydroxylation sites is 1. The van der Waals surface area contributed by atoms with Gasteiger partial charge in [-0.25, -0.2) is 9.78 Å².